The molecule has 2 heterocycles. The minimum Gasteiger partial charge on any atom is -0.384 e. The van der Waals surface area contributed by atoms with Crippen LogP contribution in [0.1, 0.15) is 37.1 Å². The van der Waals surface area contributed by atoms with Crippen molar-refractivity contribution in [3.05, 3.63) is 60.2 Å². The van der Waals surface area contributed by atoms with Crippen LogP contribution in [-0.2, 0) is 0 Å². The van der Waals surface area contributed by atoms with Gasteiger partial charge >= 0.3 is 0 Å². The number of aromatic nitrogens is 3. The van der Waals surface area contributed by atoms with Crippen molar-refractivity contribution >= 4 is 10.8 Å². The summed E-state index contributed by atoms with van der Waals surface area (Å²) in [5, 5.41) is 16.9. The lowest BCUT2D eigenvalue weighted by Gasteiger charge is -2.12. The summed E-state index contributed by atoms with van der Waals surface area (Å²) in [6.07, 6.45) is 6.48. The van der Waals surface area contributed by atoms with Crippen LogP contribution in [0.5, 0.6) is 0 Å². The Bertz CT molecular complexity index is 728. The van der Waals surface area contributed by atoms with Crippen molar-refractivity contribution in [1.82, 2.24) is 14.8 Å². The molecule has 0 saturated carbocycles. The molecule has 0 amide bonds. The van der Waals surface area contributed by atoms with Gasteiger partial charge in [-0.15, -0.1) is 0 Å². The number of benzene rings is 1. The van der Waals surface area contributed by atoms with Gasteiger partial charge in [0, 0.05) is 35.6 Å². The fourth-order valence-corrected chi connectivity index (χ4v) is 2.33. The van der Waals surface area contributed by atoms with E-state index in [1.165, 1.54) is 0 Å². The highest BCUT2D eigenvalue weighted by Crippen LogP contribution is 2.28. The molecule has 1 atom stereocenters. The molecule has 0 aliphatic rings. The normalized spacial score (nSPS) is 13.0. The van der Waals surface area contributed by atoms with Crippen molar-refractivity contribution in [3.63, 3.8) is 0 Å². The maximum atomic E-state index is 10.6. The van der Waals surface area contributed by atoms with Crippen molar-refractivity contribution in [2.75, 3.05) is 0 Å². The number of nitrogens with zero attached hydrogens (tertiary/aromatic N) is 3. The molecule has 0 radical (unpaired) electrons. The van der Waals surface area contributed by atoms with Gasteiger partial charge in [0.2, 0.25) is 0 Å². The summed E-state index contributed by atoms with van der Waals surface area (Å²) in [5.74, 6) is 0. The largest absolute Gasteiger partial charge is 0.384 e. The molecule has 102 valence electrons. The summed E-state index contributed by atoms with van der Waals surface area (Å²) < 4.78 is 1.85. The van der Waals surface area contributed by atoms with Gasteiger partial charge in [0.1, 0.15) is 6.10 Å². The molecule has 0 fully saturated rings. The maximum absolute atomic E-state index is 10.6. The van der Waals surface area contributed by atoms with Gasteiger partial charge in [-0.05, 0) is 30.9 Å². The number of hydrogen-bond acceptors (Lipinski definition) is 3. The first-order valence-electron chi connectivity index (χ1n) is 6.71. The van der Waals surface area contributed by atoms with E-state index in [2.05, 4.69) is 23.9 Å². The Labute approximate surface area is 117 Å². The Hall–Kier alpha value is -2.20. The van der Waals surface area contributed by atoms with E-state index in [1.54, 1.807) is 18.6 Å². The number of rotatable bonds is 3. The average Bonchev–Trinajstić information content (AvgIpc) is 2.96. The molecule has 2 aromatic heterocycles. The summed E-state index contributed by atoms with van der Waals surface area (Å²) in [6, 6.07) is 8.13. The maximum Gasteiger partial charge on any atom is 0.108 e. The molecular weight excluding hydrogens is 250 g/mol. The van der Waals surface area contributed by atoms with Crippen molar-refractivity contribution in [2.45, 2.75) is 26.0 Å². The van der Waals surface area contributed by atoms with Gasteiger partial charge < -0.3 is 5.11 Å². The smallest absolute Gasteiger partial charge is 0.108 e. The van der Waals surface area contributed by atoms with Crippen molar-refractivity contribution < 1.29 is 5.11 Å². The highest BCUT2D eigenvalue weighted by atomic mass is 16.3. The van der Waals surface area contributed by atoms with E-state index in [-0.39, 0.29) is 6.04 Å². The summed E-state index contributed by atoms with van der Waals surface area (Å²) >= 11 is 0. The minimum absolute atomic E-state index is 0.283. The lowest BCUT2D eigenvalue weighted by atomic mass is 9.99. The number of fused-ring (bicyclic) bond motifs is 1. The molecular formula is C16H17N3O. The predicted molar refractivity (Wildman–Crippen MR) is 78.4 cm³/mol. The molecule has 1 unspecified atom stereocenters. The molecule has 20 heavy (non-hydrogen) atoms. The molecule has 0 saturated heterocycles. The number of aliphatic hydroxyl groups is 1. The zero-order valence-electron chi connectivity index (χ0n) is 11.6. The van der Waals surface area contributed by atoms with Crippen LogP contribution in [0.3, 0.4) is 0 Å². The van der Waals surface area contributed by atoms with Gasteiger partial charge in [0.15, 0.2) is 0 Å². The molecule has 0 aliphatic carbocycles. The van der Waals surface area contributed by atoms with Crippen LogP contribution < -0.4 is 0 Å². The standard InChI is InChI=1S/C16H17N3O/c1-11(2)19-10-13(8-18-19)16(20)14-5-3-4-12-6-7-17-9-15(12)14/h3-11,16,20H,1-2H3. The monoisotopic (exact) mass is 267 g/mol. The van der Waals surface area contributed by atoms with E-state index >= 15 is 0 Å². The minimum atomic E-state index is -0.685. The number of pyridine rings is 1. The molecule has 3 rings (SSSR count). The first-order chi connectivity index (χ1) is 9.66. The predicted octanol–water partition coefficient (Wildman–Crippen LogP) is 3.09. The zero-order valence-corrected chi connectivity index (χ0v) is 11.6. The van der Waals surface area contributed by atoms with Crippen LogP contribution in [0.25, 0.3) is 10.8 Å². The molecule has 0 aliphatic heterocycles. The highest BCUT2D eigenvalue weighted by Gasteiger charge is 2.16. The summed E-state index contributed by atoms with van der Waals surface area (Å²) in [6.45, 7) is 4.12. The van der Waals surface area contributed by atoms with Crippen LogP contribution >= 0.6 is 0 Å². The van der Waals surface area contributed by atoms with E-state index in [4.69, 9.17) is 0 Å². The quantitative estimate of drug-likeness (QED) is 0.793. The van der Waals surface area contributed by atoms with Gasteiger partial charge in [-0.3, -0.25) is 9.67 Å². The van der Waals surface area contributed by atoms with Crippen LogP contribution in [0.4, 0.5) is 0 Å². The van der Waals surface area contributed by atoms with E-state index < -0.39 is 6.10 Å². The van der Waals surface area contributed by atoms with Gasteiger partial charge in [0.25, 0.3) is 0 Å². The van der Waals surface area contributed by atoms with Crippen LogP contribution in [0, 0.1) is 0 Å². The van der Waals surface area contributed by atoms with Crippen LogP contribution in [-0.4, -0.2) is 19.9 Å². The van der Waals surface area contributed by atoms with E-state index in [0.29, 0.717) is 0 Å². The fraction of sp³-hybridized carbons (Fsp3) is 0.250. The Morgan fingerprint density at radius 2 is 2.00 bits per heavy atom. The second-order valence-electron chi connectivity index (χ2n) is 5.19. The van der Waals surface area contributed by atoms with Gasteiger partial charge in [-0.2, -0.15) is 5.10 Å². The third kappa shape index (κ3) is 2.18. The Kier molecular flexibility index (Phi) is 3.24. The van der Waals surface area contributed by atoms with Gasteiger partial charge in [-0.1, -0.05) is 18.2 Å². The lowest BCUT2D eigenvalue weighted by Crippen LogP contribution is -2.02. The van der Waals surface area contributed by atoms with Crippen molar-refractivity contribution in [2.24, 2.45) is 0 Å². The second kappa shape index (κ2) is 5.06. The molecule has 0 spiro atoms. The third-order valence-corrected chi connectivity index (χ3v) is 3.48. The van der Waals surface area contributed by atoms with E-state index in [9.17, 15) is 5.11 Å². The fourth-order valence-electron chi connectivity index (χ4n) is 2.33. The SMILES string of the molecule is CC(C)n1cc(C(O)c2cccc3ccncc23)cn1. The summed E-state index contributed by atoms with van der Waals surface area (Å²) in [4.78, 5) is 4.15. The summed E-state index contributed by atoms with van der Waals surface area (Å²) in [7, 11) is 0. The molecule has 0 bridgehead atoms. The molecule has 4 heteroatoms. The molecule has 4 nitrogen and oxygen atoms in total. The number of hydrogen-bond donors (Lipinski definition) is 1. The Morgan fingerprint density at radius 3 is 2.75 bits per heavy atom. The van der Waals surface area contributed by atoms with Crippen LogP contribution in [0.15, 0.2) is 49.1 Å². The van der Waals surface area contributed by atoms with Crippen molar-refractivity contribution in [3.8, 4) is 0 Å². The highest BCUT2D eigenvalue weighted by molar-refractivity contribution is 5.85. The van der Waals surface area contributed by atoms with E-state index in [1.807, 2.05) is 35.1 Å². The Morgan fingerprint density at radius 1 is 1.15 bits per heavy atom. The van der Waals surface area contributed by atoms with Gasteiger partial charge in [-0.25, -0.2) is 0 Å². The first kappa shape index (κ1) is 12.8. The molecule has 1 aromatic carbocycles. The van der Waals surface area contributed by atoms with Gasteiger partial charge in [0.05, 0.1) is 6.20 Å². The van der Waals surface area contributed by atoms with Crippen molar-refractivity contribution in [1.29, 1.82) is 0 Å². The average molecular weight is 267 g/mol. The second-order valence-corrected chi connectivity index (χ2v) is 5.19. The zero-order chi connectivity index (χ0) is 14.1. The summed E-state index contributed by atoms with van der Waals surface area (Å²) in [5.41, 5.74) is 1.66. The topological polar surface area (TPSA) is 50.9 Å². The molecule has 1 N–H and O–H groups in total. The van der Waals surface area contributed by atoms with E-state index in [0.717, 1.165) is 21.9 Å². The first-order valence-corrected chi connectivity index (χ1v) is 6.71. The molecule has 3 aromatic rings. The Balaban J connectivity index is 2.05. The third-order valence-electron chi connectivity index (χ3n) is 3.48. The lowest BCUT2D eigenvalue weighted by molar-refractivity contribution is 0.221. The number of aliphatic hydroxyl groups excluding tert-OH is 1. The van der Waals surface area contributed by atoms with Crippen LogP contribution in [0.2, 0.25) is 0 Å².